The van der Waals surface area contributed by atoms with Crippen molar-refractivity contribution in [3.8, 4) is 0 Å². The lowest BCUT2D eigenvalue weighted by molar-refractivity contribution is 0.193. The maximum Gasteiger partial charge on any atom is 0.134 e. The average Bonchev–Trinajstić information content (AvgIpc) is 2.82. The topological polar surface area (TPSA) is 61.0 Å². The summed E-state index contributed by atoms with van der Waals surface area (Å²) < 4.78 is 5.37. The molecule has 0 aromatic carbocycles. The number of fused-ring (bicyclic) bond motifs is 1. The minimum absolute atomic E-state index is 0.137. The lowest BCUT2D eigenvalue weighted by Crippen LogP contribution is -2.20. The van der Waals surface area contributed by atoms with Crippen LogP contribution in [-0.2, 0) is 11.2 Å². The van der Waals surface area contributed by atoms with Crippen molar-refractivity contribution in [1.29, 1.82) is 0 Å². The van der Waals surface area contributed by atoms with Gasteiger partial charge in [-0.3, -0.25) is 0 Å². The van der Waals surface area contributed by atoms with E-state index in [2.05, 4.69) is 9.97 Å². The Hall–Kier alpha value is -1.00. The molecule has 1 aliphatic heterocycles. The summed E-state index contributed by atoms with van der Waals surface area (Å²) in [6, 6.07) is 0.137. The van der Waals surface area contributed by atoms with E-state index in [9.17, 15) is 0 Å². The number of nitrogens with zero attached hydrogens (tertiary/aromatic N) is 2. The van der Waals surface area contributed by atoms with Gasteiger partial charge in [0.15, 0.2) is 0 Å². The van der Waals surface area contributed by atoms with Crippen LogP contribution in [0.5, 0.6) is 0 Å². The molecule has 16 heavy (non-hydrogen) atoms. The number of ether oxygens (including phenoxy) is 1. The Morgan fingerprint density at radius 2 is 2.31 bits per heavy atom. The van der Waals surface area contributed by atoms with Crippen molar-refractivity contribution in [3.05, 3.63) is 23.3 Å². The monoisotopic (exact) mass is 219 g/mol. The SMILES string of the molecule is NC1CCCc2nc(C3CCOC3)ncc21. The Bertz CT molecular complexity index is 388. The van der Waals surface area contributed by atoms with Gasteiger partial charge in [-0.25, -0.2) is 9.97 Å². The van der Waals surface area contributed by atoms with E-state index < -0.39 is 0 Å². The summed E-state index contributed by atoms with van der Waals surface area (Å²) in [4.78, 5) is 9.13. The molecule has 1 aliphatic carbocycles. The molecule has 0 saturated carbocycles. The van der Waals surface area contributed by atoms with Crippen LogP contribution in [0.2, 0.25) is 0 Å². The molecule has 0 bridgehead atoms. The summed E-state index contributed by atoms with van der Waals surface area (Å²) in [5.74, 6) is 1.34. The van der Waals surface area contributed by atoms with E-state index in [4.69, 9.17) is 10.5 Å². The van der Waals surface area contributed by atoms with Gasteiger partial charge in [-0.15, -0.1) is 0 Å². The smallest absolute Gasteiger partial charge is 0.134 e. The third-order valence-corrected chi connectivity index (χ3v) is 3.54. The third kappa shape index (κ3) is 1.72. The van der Waals surface area contributed by atoms with Crippen LogP contribution >= 0.6 is 0 Å². The molecule has 3 rings (SSSR count). The fraction of sp³-hybridized carbons (Fsp3) is 0.667. The number of hydrogen-bond acceptors (Lipinski definition) is 4. The number of rotatable bonds is 1. The van der Waals surface area contributed by atoms with Crippen LogP contribution in [0, 0.1) is 0 Å². The quantitative estimate of drug-likeness (QED) is 0.773. The summed E-state index contributed by atoms with van der Waals surface area (Å²) in [5, 5.41) is 0. The standard InChI is InChI=1S/C12H17N3O/c13-10-2-1-3-11-9(10)6-14-12(15-11)8-4-5-16-7-8/h6,8,10H,1-5,7,13H2. The fourth-order valence-corrected chi connectivity index (χ4v) is 2.53. The Morgan fingerprint density at radius 1 is 1.38 bits per heavy atom. The highest BCUT2D eigenvalue weighted by atomic mass is 16.5. The van der Waals surface area contributed by atoms with E-state index in [1.54, 1.807) is 0 Å². The lowest BCUT2D eigenvalue weighted by atomic mass is 9.93. The minimum atomic E-state index is 0.137. The van der Waals surface area contributed by atoms with Crippen molar-refractivity contribution in [3.63, 3.8) is 0 Å². The first-order valence-electron chi connectivity index (χ1n) is 6.03. The highest BCUT2D eigenvalue weighted by molar-refractivity contribution is 5.24. The van der Waals surface area contributed by atoms with E-state index in [-0.39, 0.29) is 6.04 Å². The third-order valence-electron chi connectivity index (χ3n) is 3.54. The average molecular weight is 219 g/mol. The molecule has 2 unspecified atom stereocenters. The van der Waals surface area contributed by atoms with Gasteiger partial charge in [-0.1, -0.05) is 0 Å². The lowest BCUT2D eigenvalue weighted by Gasteiger charge is -2.21. The van der Waals surface area contributed by atoms with Gasteiger partial charge in [0.05, 0.1) is 6.61 Å². The van der Waals surface area contributed by atoms with Gasteiger partial charge < -0.3 is 10.5 Å². The van der Waals surface area contributed by atoms with Crippen LogP contribution in [-0.4, -0.2) is 23.2 Å². The molecule has 0 spiro atoms. The fourth-order valence-electron chi connectivity index (χ4n) is 2.53. The first-order chi connectivity index (χ1) is 7.84. The van der Waals surface area contributed by atoms with Crippen molar-refractivity contribution in [2.24, 2.45) is 5.73 Å². The van der Waals surface area contributed by atoms with Crippen LogP contribution in [0.3, 0.4) is 0 Å². The minimum Gasteiger partial charge on any atom is -0.381 e. The molecular formula is C12H17N3O. The van der Waals surface area contributed by atoms with E-state index in [1.165, 1.54) is 0 Å². The number of hydrogen-bond donors (Lipinski definition) is 1. The van der Waals surface area contributed by atoms with Crippen LogP contribution in [0.1, 0.15) is 48.3 Å². The number of aryl methyl sites for hydroxylation is 1. The van der Waals surface area contributed by atoms with Gasteiger partial charge in [-0.2, -0.15) is 0 Å². The second kappa shape index (κ2) is 4.11. The molecule has 2 atom stereocenters. The Morgan fingerprint density at radius 3 is 3.12 bits per heavy atom. The van der Waals surface area contributed by atoms with E-state index in [1.807, 2.05) is 6.20 Å². The Balaban J connectivity index is 1.91. The van der Waals surface area contributed by atoms with Gasteiger partial charge in [0.2, 0.25) is 0 Å². The van der Waals surface area contributed by atoms with Crippen molar-refractivity contribution >= 4 is 0 Å². The summed E-state index contributed by atoms with van der Waals surface area (Å²) in [7, 11) is 0. The molecule has 2 aliphatic rings. The largest absolute Gasteiger partial charge is 0.381 e. The Labute approximate surface area is 95.2 Å². The van der Waals surface area contributed by atoms with E-state index in [0.717, 1.165) is 56.0 Å². The normalized spacial score (nSPS) is 29.1. The van der Waals surface area contributed by atoms with Crippen LogP contribution in [0.15, 0.2) is 6.20 Å². The molecule has 4 heteroatoms. The molecule has 2 N–H and O–H groups in total. The molecule has 1 fully saturated rings. The summed E-state index contributed by atoms with van der Waals surface area (Å²) in [5.41, 5.74) is 8.35. The van der Waals surface area contributed by atoms with Gasteiger partial charge in [0.1, 0.15) is 5.82 Å². The highest BCUT2D eigenvalue weighted by Crippen LogP contribution is 2.28. The number of aromatic nitrogens is 2. The molecule has 1 aromatic heterocycles. The molecular weight excluding hydrogens is 202 g/mol. The summed E-state index contributed by atoms with van der Waals surface area (Å²) in [6.07, 6.45) is 6.23. The molecule has 0 radical (unpaired) electrons. The van der Waals surface area contributed by atoms with Gasteiger partial charge in [-0.05, 0) is 25.7 Å². The van der Waals surface area contributed by atoms with Crippen molar-refractivity contribution < 1.29 is 4.74 Å². The van der Waals surface area contributed by atoms with E-state index in [0.29, 0.717) is 5.92 Å². The first kappa shape index (κ1) is 10.2. The zero-order chi connectivity index (χ0) is 11.0. The second-order valence-corrected chi connectivity index (χ2v) is 4.69. The van der Waals surface area contributed by atoms with Crippen molar-refractivity contribution in [2.45, 2.75) is 37.6 Å². The maximum atomic E-state index is 6.05. The van der Waals surface area contributed by atoms with Crippen LogP contribution < -0.4 is 5.73 Å². The van der Waals surface area contributed by atoms with Crippen molar-refractivity contribution in [1.82, 2.24) is 9.97 Å². The van der Waals surface area contributed by atoms with Crippen LogP contribution in [0.25, 0.3) is 0 Å². The summed E-state index contributed by atoms with van der Waals surface area (Å²) >= 11 is 0. The molecule has 4 nitrogen and oxygen atoms in total. The van der Waals surface area contributed by atoms with Gasteiger partial charge >= 0.3 is 0 Å². The second-order valence-electron chi connectivity index (χ2n) is 4.69. The Kier molecular flexibility index (Phi) is 2.61. The number of nitrogens with two attached hydrogens (primary N) is 1. The molecule has 1 saturated heterocycles. The highest BCUT2D eigenvalue weighted by Gasteiger charge is 2.24. The van der Waals surface area contributed by atoms with Gasteiger partial charge in [0, 0.05) is 36.0 Å². The molecule has 1 aromatic rings. The molecule has 2 heterocycles. The van der Waals surface area contributed by atoms with Gasteiger partial charge in [0.25, 0.3) is 0 Å². The predicted octanol–water partition coefficient (Wildman–Crippen LogP) is 1.32. The van der Waals surface area contributed by atoms with E-state index >= 15 is 0 Å². The molecule has 0 amide bonds. The zero-order valence-electron chi connectivity index (χ0n) is 9.35. The predicted molar refractivity (Wildman–Crippen MR) is 60.1 cm³/mol. The first-order valence-corrected chi connectivity index (χ1v) is 6.03. The summed E-state index contributed by atoms with van der Waals surface area (Å²) in [6.45, 7) is 1.61. The van der Waals surface area contributed by atoms with Crippen molar-refractivity contribution in [2.75, 3.05) is 13.2 Å². The van der Waals surface area contributed by atoms with Crippen LogP contribution in [0.4, 0.5) is 0 Å². The maximum absolute atomic E-state index is 6.05. The molecule has 86 valence electrons. The zero-order valence-corrected chi connectivity index (χ0v) is 9.35.